The molecule has 0 saturated carbocycles. The second kappa shape index (κ2) is 7.86. The van der Waals surface area contributed by atoms with Crippen molar-refractivity contribution in [2.45, 2.75) is 13.8 Å². The fourth-order valence-corrected chi connectivity index (χ4v) is 3.49. The van der Waals surface area contributed by atoms with Gasteiger partial charge in [0.1, 0.15) is 15.5 Å². The number of fused-ring (bicyclic) bond motifs is 1. The number of carbonyl (C=O) groups excluding carboxylic acids is 1. The summed E-state index contributed by atoms with van der Waals surface area (Å²) in [4.78, 5) is 20.9. The molecule has 0 spiro atoms. The van der Waals surface area contributed by atoms with Gasteiger partial charge in [0.15, 0.2) is 0 Å². The highest BCUT2D eigenvalue weighted by Crippen LogP contribution is 2.39. The molecule has 3 N–H and O–H groups in total. The maximum absolute atomic E-state index is 11.7. The predicted molar refractivity (Wildman–Crippen MR) is 102 cm³/mol. The Bertz CT molecular complexity index is 944. The molecule has 3 rings (SSSR count). The Hall–Kier alpha value is -2.09. The Labute approximate surface area is 158 Å². The SMILES string of the molecule is CC.COC(=O)c1cc2c(-c3cc(O)c(Cl)cc3Cl)nc(N)nc2s1. The monoisotopic (exact) mass is 399 g/mol. The van der Waals surface area contributed by atoms with Crippen molar-refractivity contribution in [3.8, 4) is 17.0 Å². The number of aromatic nitrogens is 2. The van der Waals surface area contributed by atoms with Crippen LogP contribution in [0.1, 0.15) is 23.5 Å². The fraction of sp³-hybridized carbons (Fsp3) is 0.188. The molecule has 9 heteroatoms. The van der Waals surface area contributed by atoms with Gasteiger partial charge in [-0.25, -0.2) is 14.8 Å². The lowest BCUT2D eigenvalue weighted by atomic mass is 10.1. The number of benzene rings is 1. The number of phenols is 1. The summed E-state index contributed by atoms with van der Waals surface area (Å²) in [5.74, 6) is -0.598. The molecule has 0 atom stereocenters. The standard InChI is InChI=1S/C14H9Cl2N3O3S.C2H6/c1-22-13(21)10-3-6-11(18-14(17)19-12(6)23-10)5-2-9(20)8(16)4-7(5)15;1-2/h2-4,20H,1H3,(H2,17,18,19);1-2H3. The Morgan fingerprint density at radius 1 is 1.20 bits per heavy atom. The molecular weight excluding hydrogens is 385 g/mol. The number of rotatable bonds is 2. The molecule has 6 nitrogen and oxygen atoms in total. The summed E-state index contributed by atoms with van der Waals surface area (Å²) in [5, 5.41) is 10.8. The van der Waals surface area contributed by atoms with Gasteiger partial charge in [-0.2, -0.15) is 0 Å². The average molecular weight is 400 g/mol. The molecule has 0 fully saturated rings. The average Bonchev–Trinajstić information content (AvgIpc) is 3.02. The van der Waals surface area contributed by atoms with Gasteiger partial charge in [0.25, 0.3) is 0 Å². The molecule has 1 aromatic carbocycles. The number of thiophene rings is 1. The summed E-state index contributed by atoms with van der Waals surface area (Å²) in [5.41, 5.74) is 6.57. The molecular formula is C16H15Cl2N3O3S. The molecule has 2 aromatic heterocycles. The van der Waals surface area contributed by atoms with Gasteiger partial charge in [-0.05, 0) is 18.2 Å². The van der Waals surface area contributed by atoms with Gasteiger partial charge in [-0.1, -0.05) is 37.0 Å². The Morgan fingerprint density at radius 2 is 1.88 bits per heavy atom. The van der Waals surface area contributed by atoms with Crippen LogP contribution < -0.4 is 5.73 Å². The second-order valence-corrected chi connectivity index (χ2v) is 6.38. The van der Waals surface area contributed by atoms with Gasteiger partial charge >= 0.3 is 5.97 Å². The molecule has 0 unspecified atom stereocenters. The van der Waals surface area contributed by atoms with Crippen LogP contribution in [0.3, 0.4) is 0 Å². The summed E-state index contributed by atoms with van der Waals surface area (Å²) in [6, 6.07) is 4.40. The Morgan fingerprint density at radius 3 is 2.52 bits per heavy atom. The number of phenolic OH excluding ortho intramolecular Hbond substituents is 1. The topological polar surface area (TPSA) is 98.3 Å². The molecule has 132 valence electrons. The van der Waals surface area contributed by atoms with Crippen LogP contribution in [0.5, 0.6) is 5.75 Å². The molecule has 0 bridgehead atoms. The summed E-state index contributed by atoms with van der Waals surface area (Å²) in [7, 11) is 1.29. The third-order valence-corrected chi connectivity index (χ3v) is 4.71. The smallest absolute Gasteiger partial charge is 0.348 e. The molecule has 0 aliphatic rings. The molecule has 25 heavy (non-hydrogen) atoms. The lowest BCUT2D eigenvalue weighted by Crippen LogP contribution is -1.97. The largest absolute Gasteiger partial charge is 0.506 e. The molecule has 0 saturated heterocycles. The lowest BCUT2D eigenvalue weighted by molar-refractivity contribution is 0.0606. The second-order valence-electron chi connectivity index (χ2n) is 4.53. The number of esters is 1. The van der Waals surface area contributed by atoms with Gasteiger partial charge < -0.3 is 15.6 Å². The summed E-state index contributed by atoms with van der Waals surface area (Å²) >= 11 is 13.2. The van der Waals surface area contributed by atoms with Crippen LogP contribution in [0.2, 0.25) is 10.0 Å². The number of ether oxygens (including phenoxy) is 1. The number of halogens is 2. The van der Waals surface area contributed by atoms with E-state index < -0.39 is 5.97 Å². The maximum Gasteiger partial charge on any atom is 0.348 e. The van der Waals surface area contributed by atoms with Crippen LogP contribution in [0.4, 0.5) is 5.95 Å². The van der Waals surface area contributed by atoms with E-state index in [2.05, 4.69) is 9.97 Å². The van der Waals surface area contributed by atoms with E-state index in [-0.39, 0.29) is 21.7 Å². The van der Waals surface area contributed by atoms with Crippen LogP contribution in [0, 0.1) is 0 Å². The number of nitrogens with zero attached hydrogens (tertiary/aromatic N) is 2. The first kappa shape index (κ1) is 19.2. The van der Waals surface area contributed by atoms with Crippen LogP contribution >= 0.6 is 34.5 Å². The van der Waals surface area contributed by atoms with Crippen LogP contribution in [-0.4, -0.2) is 28.2 Å². The normalized spacial score (nSPS) is 10.3. The number of methoxy groups -OCH3 is 1. The van der Waals surface area contributed by atoms with E-state index in [1.54, 1.807) is 6.07 Å². The molecule has 0 amide bonds. The molecule has 3 aromatic rings. The van der Waals surface area contributed by atoms with E-state index in [9.17, 15) is 9.90 Å². The number of hydrogen-bond acceptors (Lipinski definition) is 7. The minimum absolute atomic E-state index is 0.0243. The van der Waals surface area contributed by atoms with E-state index in [1.807, 2.05) is 13.8 Å². The van der Waals surface area contributed by atoms with E-state index in [1.165, 1.54) is 19.2 Å². The highest BCUT2D eigenvalue weighted by molar-refractivity contribution is 7.20. The minimum atomic E-state index is -0.484. The summed E-state index contributed by atoms with van der Waals surface area (Å²) in [6.45, 7) is 4.00. The first-order valence-electron chi connectivity index (χ1n) is 7.24. The van der Waals surface area contributed by atoms with Crippen molar-refractivity contribution in [2.75, 3.05) is 12.8 Å². The number of carbonyl (C=O) groups is 1. The van der Waals surface area contributed by atoms with Crippen molar-refractivity contribution in [1.29, 1.82) is 0 Å². The summed E-state index contributed by atoms with van der Waals surface area (Å²) < 4.78 is 4.71. The molecule has 2 heterocycles. The van der Waals surface area contributed by atoms with Crippen molar-refractivity contribution in [2.24, 2.45) is 0 Å². The molecule has 0 aliphatic carbocycles. The highest BCUT2D eigenvalue weighted by Gasteiger charge is 2.19. The molecule has 0 radical (unpaired) electrons. The third-order valence-electron chi connectivity index (χ3n) is 3.09. The number of aromatic hydroxyl groups is 1. The Kier molecular flexibility index (Phi) is 6.05. The zero-order chi connectivity index (χ0) is 18.7. The predicted octanol–water partition coefficient (Wildman–Crippen LogP) is 4.77. The summed E-state index contributed by atoms with van der Waals surface area (Å²) in [6.07, 6.45) is 0. The Balaban J connectivity index is 0.00000109. The van der Waals surface area contributed by atoms with Gasteiger partial charge in [0.05, 0.1) is 22.8 Å². The van der Waals surface area contributed by atoms with Crippen molar-refractivity contribution < 1.29 is 14.6 Å². The van der Waals surface area contributed by atoms with E-state index >= 15 is 0 Å². The zero-order valence-corrected chi connectivity index (χ0v) is 16.0. The first-order chi connectivity index (χ1) is 11.9. The quantitative estimate of drug-likeness (QED) is 0.602. The van der Waals surface area contributed by atoms with Gasteiger partial charge in [-0.15, -0.1) is 11.3 Å². The van der Waals surface area contributed by atoms with E-state index in [0.29, 0.717) is 26.4 Å². The third kappa shape index (κ3) is 3.78. The number of nitrogens with two attached hydrogens (primary N) is 1. The zero-order valence-electron chi connectivity index (χ0n) is 13.6. The van der Waals surface area contributed by atoms with Crippen LogP contribution in [0.15, 0.2) is 18.2 Å². The first-order valence-corrected chi connectivity index (χ1v) is 8.81. The van der Waals surface area contributed by atoms with Gasteiger partial charge in [0, 0.05) is 10.9 Å². The van der Waals surface area contributed by atoms with Crippen LogP contribution in [0.25, 0.3) is 21.5 Å². The number of hydrogen-bond donors (Lipinski definition) is 2. The highest BCUT2D eigenvalue weighted by atomic mass is 35.5. The number of nitrogen functional groups attached to an aromatic ring is 1. The molecule has 0 aliphatic heterocycles. The van der Waals surface area contributed by atoms with E-state index in [4.69, 9.17) is 33.7 Å². The van der Waals surface area contributed by atoms with Gasteiger partial charge in [-0.3, -0.25) is 0 Å². The van der Waals surface area contributed by atoms with Crippen molar-refractivity contribution in [3.05, 3.63) is 33.1 Å². The number of anilines is 1. The lowest BCUT2D eigenvalue weighted by Gasteiger charge is -2.08. The minimum Gasteiger partial charge on any atom is -0.506 e. The van der Waals surface area contributed by atoms with Crippen molar-refractivity contribution >= 4 is 56.7 Å². The fourth-order valence-electron chi connectivity index (χ4n) is 2.06. The van der Waals surface area contributed by atoms with E-state index in [0.717, 1.165) is 11.3 Å². The van der Waals surface area contributed by atoms with Crippen LogP contribution in [-0.2, 0) is 4.74 Å². The maximum atomic E-state index is 11.7. The van der Waals surface area contributed by atoms with Crippen molar-refractivity contribution in [3.63, 3.8) is 0 Å². The van der Waals surface area contributed by atoms with Crippen molar-refractivity contribution in [1.82, 2.24) is 9.97 Å². The van der Waals surface area contributed by atoms with Gasteiger partial charge in [0.2, 0.25) is 5.95 Å².